The number of carbonyl (C=O) groups is 1. The van der Waals surface area contributed by atoms with Crippen molar-refractivity contribution < 1.29 is 32.6 Å². The highest BCUT2D eigenvalue weighted by atomic mass is 32.2. The standard InChI is InChI=1S/C22H27N3O7S2/c1-30-12-17-11-23-22(33-17)24-21(27)20(25-32-16-5-4-15(26)10-16)14-2-6-18(7-3-14)34(28,29)19-8-9-31-13-19/h2-3,6-7,11,15-16,19,26H,4-5,8-10,12-13H2,1H3,(H,23,24,27)/b25-20+/t15-,16-,19+/m1/s1. The third-order valence-corrected chi connectivity index (χ3v) is 8.77. The fourth-order valence-corrected chi connectivity index (χ4v) is 6.21. The number of oxime groups is 1. The van der Waals surface area contributed by atoms with Gasteiger partial charge in [0, 0.05) is 31.9 Å². The van der Waals surface area contributed by atoms with Gasteiger partial charge < -0.3 is 19.4 Å². The molecule has 1 saturated heterocycles. The van der Waals surface area contributed by atoms with Crippen LogP contribution in [0.15, 0.2) is 40.5 Å². The van der Waals surface area contributed by atoms with Crippen LogP contribution < -0.4 is 5.32 Å². The lowest BCUT2D eigenvalue weighted by molar-refractivity contribution is -0.110. The highest BCUT2D eigenvalue weighted by Gasteiger charge is 2.31. The number of carbonyl (C=O) groups excluding carboxylic acids is 1. The molecule has 12 heteroatoms. The van der Waals surface area contributed by atoms with Gasteiger partial charge in [-0.3, -0.25) is 10.1 Å². The van der Waals surface area contributed by atoms with Crippen molar-refractivity contribution in [1.29, 1.82) is 0 Å². The van der Waals surface area contributed by atoms with Gasteiger partial charge in [-0.25, -0.2) is 13.4 Å². The zero-order valence-electron chi connectivity index (χ0n) is 18.7. The van der Waals surface area contributed by atoms with Gasteiger partial charge in [0.15, 0.2) is 20.7 Å². The molecule has 2 heterocycles. The SMILES string of the molecule is COCc1cnc(NC(=O)/C(=N/O[C@@H]2CC[C@@H](O)C2)c2ccc(S(=O)(=O)[C@H]3CCOC3)cc2)s1. The molecule has 1 amide bonds. The van der Waals surface area contributed by atoms with Crippen LogP contribution in [-0.4, -0.2) is 67.9 Å². The van der Waals surface area contributed by atoms with Crippen LogP contribution in [0.4, 0.5) is 5.13 Å². The molecule has 184 valence electrons. The number of methoxy groups -OCH3 is 1. The molecule has 1 aromatic carbocycles. The molecule has 1 aliphatic carbocycles. The Bertz CT molecular complexity index is 1130. The van der Waals surface area contributed by atoms with Gasteiger partial charge in [-0.15, -0.1) is 0 Å². The first-order valence-corrected chi connectivity index (χ1v) is 13.3. The van der Waals surface area contributed by atoms with Crippen molar-refractivity contribution in [1.82, 2.24) is 4.98 Å². The van der Waals surface area contributed by atoms with Gasteiger partial charge in [-0.2, -0.15) is 0 Å². The average Bonchev–Trinajstić information content (AvgIpc) is 3.58. The van der Waals surface area contributed by atoms with E-state index in [4.69, 9.17) is 14.3 Å². The average molecular weight is 510 g/mol. The lowest BCUT2D eigenvalue weighted by atomic mass is 10.1. The Balaban J connectivity index is 1.56. The number of ether oxygens (including phenoxy) is 2. The van der Waals surface area contributed by atoms with Crippen molar-refractivity contribution in [2.24, 2.45) is 5.16 Å². The van der Waals surface area contributed by atoms with Crippen LogP contribution in [0.25, 0.3) is 0 Å². The molecular weight excluding hydrogens is 482 g/mol. The van der Waals surface area contributed by atoms with Crippen molar-refractivity contribution in [2.45, 2.75) is 54.6 Å². The molecule has 0 bridgehead atoms. The van der Waals surface area contributed by atoms with Crippen LogP contribution in [0, 0.1) is 0 Å². The van der Waals surface area contributed by atoms with E-state index in [0.717, 1.165) is 4.88 Å². The topological polar surface area (TPSA) is 136 Å². The Kier molecular flexibility index (Phi) is 7.94. The number of hydrogen-bond donors (Lipinski definition) is 2. The van der Waals surface area contributed by atoms with E-state index in [9.17, 15) is 18.3 Å². The van der Waals surface area contributed by atoms with Gasteiger partial charge in [0.05, 0.1) is 34.3 Å². The highest BCUT2D eigenvalue weighted by Crippen LogP contribution is 2.25. The number of sulfone groups is 1. The molecule has 1 aromatic heterocycles. The van der Waals surface area contributed by atoms with E-state index < -0.39 is 27.1 Å². The molecule has 3 atom stereocenters. The fourth-order valence-electron chi connectivity index (χ4n) is 3.85. The van der Waals surface area contributed by atoms with E-state index in [1.165, 1.54) is 35.6 Å². The number of nitrogens with zero attached hydrogens (tertiary/aromatic N) is 2. The summed E-state index contributed by atoms with van der Waals surface area (Å²) in [5.74, 6) is -0.545. The Morgan fingerprint density at radius 1 is 1.29 bits per heavy atom. The van der Waals surface area contributed by atoms with E-state index in [1.807, 2.05) is 0 Å². The summed E-state index contributed by atoms with van der Waals surface area (Å²) in [5.41, 5.74) is 0.379. The van der Waals surface area contributed by atoms with Gasteiger partial charge in [-0.1, -0.05) is 28.6 Å². The summed E-state index contributed by atoms with van der Waals surface area (Å²) in [6, 6.07) is 5.99. The van der Waals surface area contributed by atoms with Gasteiger partial charge in [0.1, 0.15) is 6.10 Å². The van der Waals surface area contributed by atoms with Gasteiger partial charge >= 0.3 is 0 Å². The van der Waals surface area contributed by atoms with Crippen molar-refractivity contribution in [2.75, 3.05) is 25.6 Å². The summed E-state index contributed by atoms with van der Waals surface area (Å²) in [6.45, 7) is 0.984. The number of nitrogens with one attached hydrogen (secondary N) is 1. The lowest BCUT2D eigenvalue weighted by Crippen LogP contribution is -2.25. The summed E-state index contributed by atoms with van der Waals surface area (Å²) in [7, 11) is -1.96. The molecule has 0 spiro atoms. The quantitative estimate of drug-likeness (QED) is 0.388. The largest absolute Gasteiger partial charge is 0.393 e. The molecule has 2 fully saturated rings. The van der Waals surface area contributed by atoms with E-state index in [2.05, 4.69) is 15.5 Å². The van der Waals surface area contributed by atoms with Crippen LogP contribution in [0.1, 0.15) is 36.1 Å². The Morgan fingerprint density at radius 3 is 2.74 bits per heavy atom. The number of aromatic nitrogens is 1. The van der Waals surface area contributed by atoms with Crippen LogP contribution in [0.2, 0.25) is 0 Å². The number of thiazole rings is 1. The molecule has 10 nitrogen and oxygen atoms in total. The molecule has 0 unspecified atom stereocenters. The molecular formula is C22H27N3O7S2. The molecule has 4 rings (SSSR count). The summed E-state index contributed by atoms with van der Waals surface area (Å²) in [5, 5.41) is 16.3. The van der Waals surface area contributed by atoms with Gasteiger partial charge in [0.2, 0.25) is 0 Å². The number of hydrogen-bond acceptors (Lipinski definition) is 10. The highest BCUT2D eigenvalue weighted by molar-refractivity contribution is 7.92. The summed E-state index contributed by atoms with van der Waals surface area (Å²) >= 11 is 1.27. The third kappa shape index (κ3) is 5.81. The van der Waals surface area contributed by atoms with Crippen molar-refractivity contribution >= 4 is 37.9 Å². The third-order valence-electron chi connectivity index (χ3n) is 5.71. The van der Waals surface area contributed by atoms with Crippen LogP contribution in [0.5, 0.6) is 0 Å². The zero-order chi connectivity index (χ0) is 24.1. The predicted molar refractivity (Wildman–Crippen MR) is 126 cm³/mol. The zero-order valence-corrected chi connectivity index (χ0v) is 20.3. The van der Waals surface area contributed by atoms with Crippen LogP contribution in [0.3, 0.4) is 0 Å². The maximum absolute atomic E-state index is 13.1. The minimum Gasteiger partial charge on any atom is -0.393 e. The van der Waals surface area contributed by atoms with Gasteiger partial charge in [0.25, 0.3) is 5.91 Å². The molecule has 1 aliphatic heterocycles. The minimum atomic E-state index is -3.53. The second-order valence-corrected chi connectivity index (χ2v) is 11.6. The number of anilines is 1. The Hall–Kier alpha value is -2.38. The first kappa shape index (κ1) is 24.7. The number of aliphatic hydroxyl groups excluding tert-OH is 1. The molecule has 1 saturated carbocycles. The van der Waals surface area contributed by atoms with E-state index in [1.54, 1.807) is 13.3 Å². The van der Waals surface area contributed by atoms with E-state index in [0.29, 0.717) is 49.6 Å². The van der Waals surface area contributed by atoms with Crippen LogP contribution in [-0.2, 0) is 35.5 Å². The number of amides is 1. The molecule has 34 heavy (non-hydrogen) atoms. The number of rotatable bonds is 9. The predicted octanol–water partition coefficient (Wildman–Crippen LogP) is 2.12. The smallest absolute Gasteiger partial charge is 0.280 e. The van der Waals surface area contributed by atoms with Gasteiger partial charge in [-0.05, 0) is 31.4 Å². The lowest BCUT2D eigenvalue weighted by Gasteiger charge is -2.12. The minimum absolute atomic E-state index is 0.0157. The summed E-state index contributed by atoms with van der Waals surface area (Å²) < 4.78 is 35.9. The second-order valence-electron chi connectivity index (χ2n) is 8.21. The maximum atomic E-state index is 13.1. The van der Waals surface area contributed by atoms with Crippen LogP contribution >= 0.6 is 11.3 Å². The number of aliphatic hydroxyl groups is 1. The Morgan fingerprint density at radius 2 is 2.09 bits per heavy atom. The van der Waals surface area contributed by atoms with E-state index in [-0.39, 0.29) is 23.3 Å². The maximum Gasteiger partial charge on any atom is 0.280 e. The molecule has 2 N–H and O–H groups in total. The summed E-state index contributed by atoms with van der Waals surface area (Å²) in [6.07, 6.45) is 3.01. The second kappa shape index (κ2) is 10.9. The van der Waals surface area contributed by atoms with Crippen molar-refractivity contribution in [3.05, 3.63) is 40.9 Å². The Labute approximate surface area is 201 Å². The first-order valence-electron chi connectivity index (χ1n) is 11.0. The monoisotopic (exact) mass is 509 g/mol. The normalized spacial score (nSPS) is 23.2. The fraction of sp³-hybridized carbons (Fsp3) is 0.500. The summed E-state index contributed by atoms with van der Waals surface area (Å²) in [4.78, 5) is 23.8. The molecule has 0 radical (unpaired) electrons. The molecule has 2 aromatic rings. The number of benzene rings is 1. The van der Waals surface area contributed by atoms with Crippen molar-refractivity contribution in [3.63, 3.8) is 0 Å². The van der Waals surface area contributed by atoms with Crippen molar-refractivity contribution in [3.8, 4) is 0 Å². The molecule has 2 aliphatic rings. The first-order chi connectivity index (χ1) is 16.4. The van der Waals surface area contributed by atoms with E-state index >= 15 is 0 Å².